The molecule has 1 aromatic rings. The number of ether oxygens (including phenoxy) is 2. The highest BCUT2D eigenvalue weighted by Gasteiger charge is 2.15. The quantitative estimate of drug-likeness (QED) is 0.667. The molecule has 0 fully saturated rings. The van der Waals surface area contributed by atoms with E-state index < -0.39 is 0 Å². The molecule has 6 heteroatoms. The maximum Gasteiger partial charge on any atom is 0.147 e. The SMILES string of the molecule is COCCOCCCNc1c(N)c(C(C)C)nn1C. The molecular formula is C13H26N4O2. The summed E-state index contributed by atoms with van der Waals surface area (Å²) in [5, 5.41) is 7.74. The average Bonchev–Trinajstić information content (AvgIpc) is 2.65. The summed E-state index contributed by atoms with van der Waals surface area (Å²) in [7, 11) is 3.57. The van der Waals surface area contributed by atoms with Crippen LogP contribution >= 0.6 is 0 Å². The van der Waals surface area contributed by atoms with Crippen LogP contribution in [0.3, 0.4) is 0 Å². The number of rotatable bonds is 9. The molecule has 0 unspecified atom stereocenters. The lowest BCUT2D eigenvalue weighted by Crippen LogP contribution is -2.11. The van der Waals surface area contributed by atoms with Crippen LogP contribution in [0.2, 0.25) is 0 Å². The zero-order valence-electron chi connectivity index (χ0n) is 12.4. The van der Waals surface area contributed by atoms with E-state index in [2.05, 4.69) is 24.3 Å². The van der Waals surface area contributed by atoms with Gasteiger partial charge in [-0.25, -0.2) is 0 Å². The van der Waals surface area contributed by atoms with Crippen LogP contribution in [0, 0.1) is 0 Å². The number of hydrogen-bond donors (Lipinski definition) is 2. The Morgan fingerprint density at radius 2 is 2.05 bits per heavy atom. The Kier molecular flexibility index (Phi) is 6.66. The first-order valence-electron chi connectivity index (χ1n) is 6.70. The van der Waals surface area contributed by atoms with Gasteiger partial charge >= 0.3 is 0 Å². The molecule has 0 radical (unpaired) electrons. The monoisotopic (exact) mass is 270 g/mol. The molecule has 0 amide bonds. The van der Waals surface area contributed by atoms with Crippen molar-refractivity contribution in [3.63, 3.8) is 0 Å². The normalized spacial score (nSPS) is 11.2. The summed E-state index contributed by atoms with van der Waals surface area (Å²) in [6, 6.07) is 0. The number of aromatic nitrogens is 2. The molecule has 0 saturated heterocycles. The highest BCUT2D eigenvalue weighted by atomic mass is 16.5. The minimum Gasteiger partial charge on any atom is -0.394 e. The third-order valence-electron chi connectivity index (χ3n) is 2.85. The molecule has 0 aromatic carbocycles. The van der Waals surface area contributed by atoms with Gasteiger partial charge in [-0.15, -0.1) is 0 Å². The van der Waals surface area contributed by atoms with Crippen molar-refractivity contribution in [2.75, 3.05) is 44.5 Å². The number of nitrogen functional groups attached to an aromatic ring is 1. The zero-order chi connectivity index (χ0) is 14.3. The predicted octanol–water partition coefficient (Wildman–Crippen LogP) is 1.59. The fourth-order valence-corrected chi connectivity index (χ4v) is 1.82. The van der Waals surface area contributed by atoms with Crippen LogP contribution in [0.4, 0.5) is 11.5 Å². The van der Waals surface area contributed by atoms with Crippen molar-refractivity contribution in [1.82, 2.24) is 9.78 Å². The number of anilines is 2. The molecule has 19 heavy (non-hydrogen) atoms. The number of nitrogens with one attached hydrogen (secondary N) is 1. The predicted molar refractivity (Wildman–Crippen MR) is 77.5 cm³/mol. The van der Waals surface area contributed by atoms with Gasteiger partial charge in [-0.05, 0) is 12.3 Å². The summed E-state index contributed by atoms with van der Waals surface area (Å²) in [6.07, 6.45) is 0.922. The Balaban J connectivity index is 2.33. The summed E-state index contributed by atoms with van der Waals surface area (Å²) in [5.41, 5.74) is 7.79. The summed E-state index contributed by atoms with van der Waals surface area (Å²) < 4.78 is 12.1. The Labute approximate surface area is 115 Å². The molecule has 6 nitrogen and oxygen atoms in total. The van der Waals surface area contributed by atoms with E-state index in [-0.39, 0.29) is 0 Å². The van der Waals surface area contributed by atoms with Crippen LogP contribution in [0.1, 0.15) is 31.9 Å². The largest absolute Gasteiger partial charge is 0.394 e. The van der Waals surface area contributed by atoms with Crippen LogP contribution in [-0.2, 0) is 16.5 Å². The van der Waals surface area contributed by atoms with E-state index in [4.69, 9.17) is 15.2 Å². The Bertz CT molecular complexity index is 377. The molecule has 3 N–H and O–H groups in total. The molecule has 1 aromatic heterocycles. The van der Waals surface area contributed by atoms with E-state index in [0.717, 1.165) is 30.2 Å². The first-order chi connectivity index (χ1) is 9.07. The molecule has 0 aliphatic rings. The molecule has 0 saturated carbocycles. The third kappa shape index (κ3) is 4.72. The van der Waals surface area contributed by atoms with Crippen LogP contribution in [0.5, 0.6) is 0 Å². The van der Waals surface area contributed by atoms with E-state index in [1.807, 2.05) is 7.05 Å². The van der Waals surface area contributed by atoms with Gasteiger partial charge in [-0.2, -0.15) is 5.10 Å². The highest BCUT2D eigenvalue weighted by molar-refractivity contribution is 5.65. The summed E-state index contributed by atoms with van der Waals surface area (Å²) in [6.45, 7) is 6.99. The van der Waals surface area contributed by atoms with E-state index in [9.17, 15) is 0 Å². The second kappa shape index (κ2) is 8.01. The molecule has 0 atom stereocenters. The van der Waals surface area contributed by atoms with Gasteiger partial charge in [0.1, 0.15) is 5.82 Å². The van der Waals surface area contributed by atoms with Gasteiger partial charge in [-0.1, -0.05) is 13.8 Å². The zero-order valence-corrected chi connectivity index (χ0v) is 12.4. The van der Waals surface area contributed by atoms with Crippen LogP contribution in [0.15, 0.2) is 0 Å². The molecular weight excluding hydrogens is 244 g/mol. The van der Waals surface area contributed by atoms with Crippen molar-refractivity contribution in [1.29, 1.82) is 0 Å². The lowest BCUT2D eigenvalue weighted by atomic mass is 10.1. The Morgan fingerprint density at radius 1 is 1.32 bits per heavy atom. The van der Waals surface area contributed by atoms with E-state index >= 15 is 0 Å². The average molecular weight is 270 g/mol. The smallest absolute Gasteiger partial charge is 0.147 e. The first-order valence-corrected chi connectivity index (χ1v) is 6.70. The van der Waals surface area contributed by atoms with Crippen LogP contribution in [0.25, 0.3) is 0 Å². The first kappa shape index (κ1) is 15.8. The molecule has 0 aliphatic carbocycles. The highest BCUT2D eigenvalue weighted by Crippen LogP contribution is 2.27. The van der Waals surface area contributed by atoms with Crippen LogP contribution < -0.4 is 11.1 Å². The lowest BCUT2D eigenvalue weighted by molar-refractivity contribution is 0.0705. The molecule has 1 rings (SSSR count). The van der Waals surface area contributed by atoms with Crippen molar-refractivity contribution in [2.45, 2.75) is 26.2 Å². The van der Waals surface area contributed by atoms with Gasteiger partial charge in [0.15, 0.2) is 0 Å². The minimum atomic E-state index is 0.333. The second-order valence-corrected chi connectivity index (χ2v) is 4.81. The number of nitrogens with zero attached hydrogens (tertiary/aromatic N) is 2. The van der Waals surface area contributed by atoms with Crippen LogP contribution in [-0.4, -0.2) is 43.3 Å². The van der Waals surface area contributed by atoms with Gasteiger partial charge in [-0.3, -0.25) is 4.68 Å². The Morgan fingerprint density at radius 3 is 2.63 bits per heavy atom. The van der Waals surface area contributed by atoms with Gasteiger partial charge in [0, 0.05) is 27.3 Å². The molecule has 0 aliphatic heterocycles. The molecule has 110 valence electrons. The lowest BCUT2D eigenvalue weighted by Gasteiger charge is -2.08. The van der Waals surface area contributed by atoms with E-state index in [1.165, 1.54) is 0 Å². The van der Waals surface area contributed by atoms with Gasteiger partial charge < -0.3 is 20.5 Å². The molecule has 0 bridgehead atoms. The van der Waals surface area contributed by atoms with Crippen molar-refractivity contribution < 1.29 is 9.47 Å². The Hall–Kier alpha value is -1.27. The number of nitrogens with two attached hydrogens (primary N) is 1. The van der Waals surface area contributed by atoms with Gasteiger partial charge in [0.2, 0.25) is 0 Å². The fourth-order valence-electron chi connectivity index (χ4n) is 1.82. The second-order valence-electron chi connectivity index (χ2n) is 4.81. The summed E-state index contributed by atoms with van der Waals surface area (Å²) in [4.78, 5) is 0. The molecule has 0 spiro atoms. The standard InChI is InChI=1S/C13H26N4O2/c1-10(2)12-11(14)13(17(3)16-12)15-6-5-7-19-9-8-18-4/h10,15H,5-9,14H2,1-4H3. The molecule has 1 heterocycles. The summed E-state index contributed by atoms with van der Waals surface area (Å²) in [5.74, 6) is 1.22. The maximum atomic E-state index is 6.09. The van der Waals surface area contributed by atoms with Gasteiger partial charge in [0.25, 0.3) is 0 Å². The van der Waals surface area contributed by atoms with E-state index in [0.29, 0.717) is 25.7 Å². The maximum absolute atomic E-state index is 6.09. The number of hydrogen-bond acceptors (Lipinski definition) is 5. The third-order valence-corrected chi connectivity index (χ3v) is 2.85. The van der Waals surface area contributed by atoms with Gasteiger partial charge in [0.05, 0.1) is 24.6 Å². The van der Waals surface area contributed by atoms with Crippen molar-refractivity contribution in [3.05, 3.63) is 5.69 Å². The fraction of sp³-hybridized carbons (Fsp3) is 0.769. The van der Waals surface area contributed by atoms with Crippen molar-refractivity contribution in [2.24, 2.45) is 7.05 Å². The topological polar surface area (TPSA) is 74.3 Å². The van der Waals surface area contributed by atoms with E-state index in [1.54, 1.807) is 11.8 Å². The number of aryl methyl sites for hydroxylation is 1. The number of methoxy groups -OCH3 is 1. The summed E-state index contributed by atoms with van der Waals surface area (Å²) >= 11 is 0. The van der Waals surface area contributed by atoms with Crippen molar-refractivity contribution >= 4 is 11.5 Å². The minimum absolute atomic E-state index is 0.333. The van der Waals surface area contributed by atoms with Crippen molar-refractivity contribution in [3.8, 4) is 0 Å².